The van der Waals surface area contributed by atoms with Crippen molar-refractivity contribution in [1.29, 1.82) is 10.5 Å². The number of aromatic nitrogens is 3. The fourth-order valence-electron chi connectivity index (χ4n) is 17.5. The Morgan fingerprint density at radius 2 is 0.745 bits per heavy atom. The molecule has 530 valence electrons. The summed E-state index contributed by atoms with van der Waals surface area (Å²) in [6, 6.07) is 96.4. The maximum atomic E-state index is 12.6. The summed E-state index contributed by atoms with van der Waals surface area (Å²) >= 11 is 0. The molecule has 14 aromatic carbocycles. The molecule has 0 atom stereocenters. The third kappa shape index (κ3) is 10.7. The van der Waals surface area contributed by atoms with E-state index in [2.05, 4.69) is 337 Å². The van der Waals surface area contributed by atoms with Crippen LogP contribution in [0.2, 0.25) is 0 Å². The molecule has 0 saturated carbocycles. The Labute approximate surface area is 651 Å². The molecule has 5 heterocycles. The number of para-hydroxylation sites is 4. The lowest BCUT2D eigenvalue weighted by Crippen LogP contribution is -2.61. The first kappa shape index (κ1) is 62.2. The SMILES string of the molecule is [2H]c1c([2H])c([2H])c(-c2ccccc2-c2cc3c4c(c2)N(c2cccc(-n5c6ccccc6c6ccccc65)c2C#N)c2cc(-n5c6ccc(C(C)(C)C)cc6c6cc(C(C)(C)C)ccc65)ccc2B4c2ccc(-c4cc(C(C)(C)C)cc(C(C)(C)C)c4)cc2N3c2ccc(C#N)c(-n3c4ccccc4c4ccccc43)c2)c([2H])c1[2H]. The molecule has 0 fully saturated rings. The summed E-state index contributed by atoms with van der Waals surface area (Å²) in [6.07, 6.45) is 0. The van der Waals surface area contributed by atoms with Crippen LogP contribution in [0.1, 0.15) is 123 Å². The molecule has 17 aromatic rings. The van der Waals surface area contributed by atoms with Crippen molar-refractivity contribution >= 4 is 123 Å². The van der Waals surface area contributed by atoms with Gasteiger partial charge in [-0.2, -0.15) is 10.5 Å². The predicted octanol–water partition coefficient (Wildman–Crippen LogP) is 25.0. The maximum absolute atomic E-state index is 12.6. The molecular weight excluding hydrogens is 1330 g/mol. The van der Waals surface area contributed by atoms with Crippen LogP contribution in [0.5, 0.6) is 0 Å². The quantitative estimate of drug-likeness (QED) is 0.142. The highest BCUT2D eigenvalue weighted by atomic mass is 15.2. The minimum absolute atomic E-state index is 0.0700. The monoisotopic (exact) mass is 1420 g/mol. The van der Waals surface area contributed by atoms with E-state index in [1.165, 1.54) is 22.3 Å². The number of hydrogen-bond acceptors (Lipinski definition) is 4. The maximum Gasteiger partial charge on any atom is 0.252 e. The Morgan fingerprint density at radius 3 is 1.27 bits per heavy atom. The van der Waals surface area contributed by atoms with Crippen molar-refractivity contribution in [2.24, 2.45) is 0 Å². The highest BCUT2D eigenvalue weighted by Gasteiger charge is 2.45. The molecule has 0 bridgehead atoms. The van der Waals surface area contributed by atoms with Gasteiger partial charge in [0.15, 0.2) is 0 Å². The van der Waals surface area contributed by atoms with Crippen LogP contribution in [0.15, 0.2) is 291 Å². The summed E-state index contributed by atoms with van der Waals surface area (Å²) in [4.78, 5) is 4.69. The third-order valence-corrected chi connectivity index (χ3v) is 23.2. The summed E-state index contributed by atoms with van der Waals surface area (Å²) in [6.45, 7) is 26.8. The van der Waals surface area contributed by atoms with Crippen molar-refractivity contribution < 1.29 is 6.85 Å². The van der Waals surface area contributed by atoms with Crippen LogP contribution in [-0.2, 0) is 21.7 Å². The molecule has 2 aliphatic rings. The Hall–Kier alpha value is -12.9. The summed E-state index contributed by atoms with van der Waals surface area (Å²) < 4.78 is 53.4. The molecule has 8 heteroatoms. The molecule has 19 rings (SSSR count). The largest absolute Gasteiger partial charge is 0.311 e. The smallest absolute Gasteiger partial charge is 0.252 e. The Morgan fingerprint density at radius 1 is 0.300 bits per heavy atom. The van der Waals surface area contributed by atoms with Gasteiger partial charge in [-0.05, 0) is 203 Å². The van der Waals surface area contributed by atoms with Gasteiger partial charge in [0.1, 0.15) is 17.7 Å². The minimum atomic E-state index is -0.495. The fourth-order valence-corrected chi connectivity index (χ4v) is 17.5. The van der Waals surface area contributed by atoms with Crippen molar-refractivity contribution in [1.82, 2.24) is 13.7 Å². The van der Waals surface area contributed by atoms with Crippen LogP contribution in [0.3, 0.4) is 0 Å². The Kier molecular flexibility index (Phi) is 14.0. The summed E-state index contributed by atoms with van der Waals surface area (Å²) in [5.41, 5.74) is 24.8. The van der Waals surface area contributed by atoms with Crippen LogP contribution in [0.25, 0.3) is 116 Å². The van der Waals surface area contributed by atoms with E-state index in [-0.39, 0.29) is 39.3 Å². The van der Waals surface area contributed by atoms with E-state index < -0.39 is 24.8 Å². The van der Waals surface area contributed by atoms with Gasteiger partial charge in [-0.25, -0.2) is 0 Å². The average Bonchev–Trinajstić information content (AvgIpc) is 0.945. The Balaban J connectivity index is 0.980. The van der Waals surface area contributed by atoms with Gasteiger partial charge in [-0.15, -0.1) is 0 Å². The summed E-state index contributed by atoms with van der Waals surface area (Å²) in [7, 11) is 0. The molecule has 110 heavy (non-hydrogen) atoms. The lowest BCUT2D eigenvalue weighted by molar-refractivity contribution is 0.569. The van der Waals surface area contributed by atoms with E-state index in [1.807, 2.05) is 42.5 Å². The molecule has 0 N–H and O–H groups in total. The molecular formula is C102H84BN7. The van der Waals surface area contributed by atoms with E-state index >= 15 is 0 Å². The second-order valence-electron chi connectivity index (χ2n) is 34.0. The number of nitrogens with zero attached hydrogens (tertiary/aromatic N) is 7. The van der Waals surface area contributed by atoms with Gasteiger partial charge in [-0.1, -0.05) is 265 Å². The molecule has 7 nitrogen and oxygen atoms in total. The number of nitriles is 2. The second-order valence-corrected chi connectivity index (χ2v) is 34.0. The zero-order valence-electron chi connectivity index (χ0n) is 69.0. The number of hydrogen-bond donors (Lipinski definition) is 0. The van der Waals surface area contributed by atoms with Gasteiger partial charge in [0, 0.05) is 66.4 Å². The van der Waals surface area contributed by atoms with Crippen LogP contribution in [0, 0.1) is 22.7 Å². The third-order valence-electron chi connectivity index (χ3n) is 23.2. The zero-order chi connectivity index (χ0) is 80.0. The number of rotatable bonds is 8. The van der Waals surface area contributed by atoms with Crippen molar-refractivity contribution in [2.45, 2.75) is 105 Å². The Bertz CT molecular complexity index is 6910. The van der Waals surface area contributed by atoms with E-state index in [9.17, 15) is 16.0 Å². The number of fused-ring (bicyclic) bond motifs is 13. The standard InChI is InChI=1S/C102H84BN7/c1-99(2,3)68-43-49-91-80(57-68)81-58-69(100(4,5)6)44-50-92(81)106(91)73-46-48-84-95(60-73)110(90-40-26-39-89(82(90)62-105)108-85-35-22-18-31-76(85)77-32-19-23-36-86(77)108)97-55-67(75-30-17-16-29-74(75)63-27-14-13-15-28-63)54-96-98(97)103(84)83-47-42-64(66-51-70(101(7,8)9)56-71(52-66)102(10,11)12)53-94(83)107(96)72-45-41-65(61-104)93(59-72)109-87-37-24-20-33-78(87)79-34-21-25-38-88(79)109/h13-60H,1-12H3/i13D,14D,15D,27D,28D. The van der Waals surface area contributed by atoms with E-state index in [0.29, 0.717) is 44.9 Å². The molecule has 3 aromatic heterocycles. The van der Waals surface area contributed by atoms with Crippen molar-refractivity contribution in [3.63, 3.8) is 0 Å². The van der Waals surface area contributed by atoms with Gasteiger partial charge in [-0.3, -0.25) is 0 Å². The molecule has 0 spiro atoms. The minimum Gasteiger partial charge on any atom is -0.311 e. The van der Waals surface area contributed by atoms with E-state index in [0.717, 1.165) is 127 Å². The molecule has 2 aliphatic heterocycles. The van der Waals surface area contributed by atoms with Gasteiger partial charge in [0.25, 0.3) is 6.71 Å². The van der Waals surface area contributed by atoms with Gasteiger partial charge in [0.2, 0.25) is 0 Å². The summed E-state index contributed by atoms with van der Waals surface area (Å²) in [5.74, 6) is 0. The molecule has 0 amide bonds. The van der Waals surface area contributed by atoms with Crippen molar-refractivity contribution in [3.8, 4) is 62.6 Å². The van der Waals surface area contributed by atoms with Gasteiger partial charge < -0.3 is 23.5 Å². The lowest BCUT2D eigenvalue weighted by Gasteiger charge is -2.45. The van der Waals surface area contributed by atoms with Crippen LogP contribution < -0.4 is 26.2 Å². The lowest BCUT2D eigenvalue weighted by atomic mass is 9.33. The zero-order valence-corrected chi connectivity index (χ0v) is 64.0. The van der Waals surface area contributed by atoms with Crippen LogP contribution in [0.4, 0.5) is 34.1 Å². The second kappa shape index (κ2) is 24.8. The first-order valence-electron chi connectivity index (χ1n) is 40.6. The molecule has 0 aliphatic carbocycles. The molecule has 0 unspecified atom stereocenters. The van der Waals surface area contributed by atoms with Crippen molar-refractivity contribution in [2.75, 3.05) is 9.80 Å². The topological polar surface area (TPSA) is 68.8 Å². The number of benzene rings is 14. The fraction of sp³-hybridized carbons (Fsp3) is 0.157. The van der Waals surface area contributed by atoms with Gasteiger partial charge >= 0.3 is 0 Å². The number of anilines is 6. The first-order valence-corrected chi connectivity index (χ1v) is 38.1. The highest BCUT2D eigenvalue weighted by Crippen LogP contribution is 2.52. The van der Waals surface area contributed by atoms with Crippen LogP contribution >= 0.6 is 0 Å². The molecule has 0 radical (unpaired) electrons. The van der Waals surface area contributed by atoms with Gasteiger partial charge in [0.05, 0.1) is 62.6 Å². The normalized spacial score (nSPS) is 13.7. The van der Waals surface area contributed by atoms with Crippen LogP contribution in [-0.4, -0.2) is 20.4 Å². The highest BCUT2D eigenvalue weighted by molar-refractivity contribution is 7.00. The first-order chi connectivity index (χ1) is 55.1. The predicted molar refractivity (Wildman–Crippen MR) is 464 cm³/mol. The average molecular weight is 1420 g/mol. The van der Waals surface area contributed by atoms with E-state index in [1.54, 1.807) is 0 Å². The van der Waals surface area contributed by atoms with E-state index in [4.69, 9.17) is 1.37 Å². The van der Waals surface area contributed by atoms with Crippen molar-refractivity contribution in [3.05, 3.63) is 324 Å². The summed E-state index contributed by atoms with van der Waals surface area (Å²) in [5, 5.41) is 30.6. The molecule has 0 saturated heterocycles.